The van der Waals surface area contributed by atoms with E-state index in [1.807, 2.05) is 78.8 Å². The molecular weight excluding hydrogens is 692 g/mol. The molecule has 7 nitrogen and oxygen atoms in total. The Morgan fingerprint density at radius 3 is 1.74 bits per heavy atom. The summed E-state index contributed by atoms with van der Waals surface area (Å²) in [5, 5.41) is 10.5. The van der Waals surface area contributed by atoms with Crippen LogP contribution in [-0.4, -0.2) is 16.8 Å². The van der Waals surface area contributed by atoms with Crippen molar-refractivity contribution in [3.63, 3.8) is 0 Å². The lowest BCUT2D eigenvalue weighted by Gasteiger charge is -2.19. The van der Waals surface area contributed by atoms with Crippen LogP contribution < -0.4 is 16.0 Å². The van der Waals surface area contributed by atoms with Crippen molar-refractivity contribution in [2.45, 2.75) is 93.4 Å². The monoisotopic (exact) mass is 740 g/mol. The highest BCUT2D eigenvalue weighted by molar-refractivity contribution is 7.99. The first-order valence-corrected chi connectivity index (χ1v) is 18.7. The summed E-state index contributed by atoms with van der Waals surface area (Å²) < 4.78 is 29.8. The fourth-order valence-electron chi connectivity index (χ4n) is 6.30. The number of thioether (sulfide) groups is 1. The molecule has 280 valence electrons. The second-order valence-electron chi connectivity index (χ2n) is 14.5. The zero-order valence-corrected chi connectivity index (χ0v) is 33.1. The van der Waals surface area contributed by atoms with Crippen molar-refractivity contribution < 1.29 is 27.9 Å². The molecule has 0 amide bonds. The summed E-state index contributed by atoms with van der Waals surface area (Å²) in [5.74, 6) is 1.08. The fraction of sp³-hybridized carbons (Fsp3) is 0.341. The van der Waals surface area contributed by atoms with E-state index in [4.69, 9.17) is 13.6 Å². The van der Waals surface area contributed by atoms with E-state index in [-0.39, 0.29) is 28.8 Å². The van der Waals surface area contributed by atoms with Gasteiger partial charge >= 0.3 is 17.2 Å². The van der Waals surface area contributed by atoms with Crippen molar-refractivity contribution in [1.29, 1.82) is 0 Å². The summed E-state index contributed by atoms with van der Waals surface area (Å²) in [7, 11) is 0. The molecule has 0 unspecified atom stereocenters. The summed E-state index contributed by atoms with van der Waals surface area (Å²) in [6.07, 6.45) is 1.90. The summed E-state index contributed by atoms with van der Waals surface area (Å²) in [6, 6.07) is 17.5. The van der Waals surface area contributed by atoms with Crippen LogP contribution in [0, 0.1) is 52.8 Å². The van der Waals surface area contributed by atoms with Crippen LogP contribution in [-0.2, 0) is 17.6 Å². The van der Waals surface area contributed by atoms with E-state index in [0.29, 0.717) is 41.2 Å². The van der Waals surface area contributed by atoms with E-state index < -0.39 is 16.7 Å². The minimum Gasteiger partial charge on any atom is -0.507 e. The van der Waals surface area contributed by atoms with E-state index in [9.17, 15) is 23.9 Å². The lowest BCUT2D eigenvalue weighted by atomic mass is 9.93. The molecule has 2 heterocycles. The summed E-state index contributed by atoms with van der Waals surface area (Å²) >= 11 is 1.46. The molecule has 5 rings (SSSR count). The molecule has 2 aromatic heterocycles. The van der Waals surface area contributed by atoms with Gasteiger partial charge in [-0.15, -0.1) is 11.8 Å². The number of hydrogen-bond acceptors (Lipinski definition) is 8. The molecule has 0 saturated carbocycles. The van der Waals surface area contributed by atoms with Crippen molar-refractivity contribution >= 4 is 17.7 Å². The van der Waals surface area contributed by atoms with Gasteiger partial charge in [-0.2, -0.15) is 0 Å². The smallest absolute Gasteiger partial charge is 0.347 e. The van der Waals surface area contributed by atoms with Gasteiger partial charge in [0.05, 0.1) is 5.41 Å². The second-order valence-corrected chi connectivity index (χ2v) is 15.7. The van der Waals surface area contributed by atoms with E-state index in [0.717, 1.165) is 50.3 Å². The Labute approximate surface area is 315 Å². The van der Waals surface area contributed by atoms with Gasteiger partial charge in [-0.05, 0) is 120 Å². The van der Waals surface area contributed by atoms with Gasteiger partial charge in [-0.3, -0.25) is 4.79 Å². The molecule has 0 aliphatic heterocycles. The SMILES string of the molecule is CCCc1cc(OC(=O)C(C)(C)C)c(-c2c(C)cc(C)cc2C)c(=O)o1.Cc1cc(C)c(-c2c(O)cc(CCSc3cccc(F)c3)oc2=O)c(C)c1. The number of carbonyl (C=O) groups excluding carboxylic acids is 1. The van der Waals surface area contributed by atoms with Crippen LogP contribution in [0.15, 0.2) is 84.0 Å². The lowest BCUT2D eigenvalue weighted by molar-refractivity contribution is -0.142. The van der Waals surface area contributed by atoms with Crippen molar-refractivity contribution in [3.05, 3.63) is 132 Å². The topological polar surface area (TPSA) is 107 Å². The van der Waals surface area contributed by atoms with Crippen LogP contribution in [0.2, 0.25) is 0 Å². The maximum atomic E-state index is 13.2. The molecule has 5 aromatic rings. The van der Waals surface area contributed by atoms with Crippen molar-refractivity contribution in [2.75, 3.05) is 5.75 Å². The number of rotatable bonds is 9. The van der Waals surface area contributed by atoms with Crippen molar-refractivity contribution in [3.8, 4) is 33.8 Å². The Bertz CT molecular complexity index is 2190. The van der Waals surface area contributed by atoms with Gasteiger partial charge in [-0.25, -0.2) is 14.0 Å². The second kappa shape index (κ2) is 17.3. The first kappa shape index (κ1) is 40.9. The summed E-state index contributed by atoms with van der Waals surface area (Å²) in [5.41, 5.74) is 6.27. The van der Waals surface area contributed by atoms with Crippen LogP contribution in [0.4, 0.5) is 4.39 Å². The molecule has 0 aliphatic rings. The molecule has 1 N–H and O–H groups in total. The normalized spacial score (nSPS) is 11.2. The Morgan fingerprint density at radius 2 is 1.25 bits per heavy atom. The quantitative estimate of drug-likeness (QED) is 0.118. The van der Waals surface area contributed by atoms with Crippen LogP contribution in [0.25, 0.3) is 22.3 Å². The standard InChI is InChI=1S/C22H21FO3S.C22H28O4/c1-13-9-14(2)20(15(3)10-13)21-19(24)12-17(26-22(21)25)7-8-27-18-6-4-5-16(23)11-18;1-8-9-16-12-17(26-21(24)22(5,6)7)19(20(23)25-16)18-14(3)10-13(2)11-15(18)4/h4-6,9-12,24H,7-8H2,1-3H3;10-12H,8-9H2,1-7H3. The largest absolute Gasteiger partial charge is 0.507 e. The van der Waals surface area contributed by atoms with E-state index in [1.54, 1.807) is 32.9 Å². The average Bonchev–Trinajstić information content (AvgIpc) is 3.03. The van der Waals surface area contributed by atoms with Gasteiger partial charge in [0.2, 0.25) is 0 Å². The molecule has 0 aliphatic carbocycles. The number of halogens is 1. The molecule has 9 heteroatoms. The lowest BCUT2D eigenvalue weighted by Crippen LogP contribution is -2.26. The van der Waals surface area contributed by atoms with E-state index in [2.05, 4.69) is 0 Å². The van der Waals surface area contributed by atoms with Gasteiger partial charge in [0.1, 0.15) is 40.0 Å². The number of hydrogen-bond donors (Lipinski definition) is 1. The molecule has 3 aromatic carbocycles. The zero-order valence-electron chi connectivity index (χ0n) is 32.3. The molecular formula is C44H49FO7S. The van der Waals surface area contributed by atoms with Gasteiger partial charge < -0.3 is 18.7 Å². The van der Waals surface area contributed by atoms with Crippen molar-refractivity contribution in [1.82, 2.24) is 0 Å². The Kier molecular flexibility index (Phi) is 13.3. The highest BCUT2D eigenvalue weighted by Gasteiger charge is 2.27. The highest BCUT2D eigenvalue weighted by atomic mass is 32.2. The maximum absolute atomic E-state index is 13.2. The average molecular weight is 741 g/mol. The summed E-state index contributed by atoms with van der Waals surface area (Å²) in [4.78, 5) is 38.6. The zero-order chi connectivity index (χ0) is 39.2. The maximum Gasteiger partial charge on any atom is 0.347 e. The molecule has 0 spiro atoms. The first-order chi connectivity index (χ1) is 24.9. The minimum absolute atomic E-state index is 0.0768. The Morgan fingerprint density at radius 1 is 0.736 bits per heavy atom. The van der Waals surface area contributed by atoms with Crippen molar-refractivity contribution in [2.24, 2.45) is 5.41 Å². The van der Waals surface area contributed by atoms with Crippen LogP contribution in [0.5, 0.6) is 11.5 Å². The Balaban J connectivity index is 0.000000237. The first-order valence-electron chi connectivity index (χ1n) is 17.7. The third-order valence-electron chi connectivity index (χ3n) is 8.53. The number of aromatic hydroxyl groups is 1. The summed E-state index contributed by atoms with van der Waals surface area (Å²) in [6.45, 7) is 19.1. The van der Waals surface area contributed by atoms with Gasteiger partial charge in [0.15, 0.2) is 0 Å². The number of benzene rings is 3. The van der Waals surface area contributed by atoms with Crippen LogP contribution in [0.1, 0.15) is 79.0 Å². The Hall–Kier alpha value is -4.89. The van der Waals surface area contributed by atoms with Gasteiger partial charge in [-0.1, -0.05) is 48.4 Å². The molecule has 0 fully saturated rings. The van der Waals surface area contributed by atoms with Gasteiger partial charge in [0.25, 0.3) is 0 Å². The minimum atomic E-state index is -0.671. The third kappa shape index (κ3) is 10.4. The van der Waals surface area contributed by atoms with Gasteiger partial charge in [0, 0.05) is 35.6 Å². The highest BCUT2D eigenvalue weighted by Crippen LogP contribution is 2.36. The van der Waals surface area contributed by atoms with Crippen LogP contribution in [0.3, 0.4) is 0 Å². The molecule has 53 heavy (non-hydrogen) atoms. The number of ether oxygens (including phenoxy) is 1. The van der Waals surface area contributed by atoms with Crippen LogP contribution >= 0.6 is 11.8 Å². The third-order valence-corrected chi connectivity index (χ3v) is 9.52. The fourth-order valence-corrected chi connectivity index (χ4v) is 7.21. The van der Waals surface area contributed by atoms with E-state index in [1.165, 1.54) is 30.0 Å². The predicted octanol–water partition coefficient (Wildman–Crippen LogP) is 10.5. The van der Waals surface area contributed by atoms with E-state index >= 15 is 0 Å². The number of esters is 1. The molecule has 0 radical (unpaired) electrons. The molecule has 0 atom stereocenters. The predicted molar refractivity (Wildman–Crippen MR) is 211 cm³/mol. The molecule has 0 bridgehead atoms. The number of carbonyl (C=O) groups is 1. The number of aryl methyl sites for hydroxylation is 8. The molecule has 0 saturated heterocycles.